The van der Waals surface area contributed by atoms with Gasteiger partial charge in [0.25, 0.3) is 0 Å². The number of rotatable bonds is 1. The third kappa shape index (κ3) is 7.08. The summed E-state index contributed by atoms with van der Waals surface area (Å²) in [6.07, 6.45) is 25.6. The predicted octanol–water partition coefficient (Wildman–Crippen LogP) is 4.84. The maximum atomic E-state index is 6.94. The number of nitrogens with one attached hydrogen (secondary N) is 9. The maximum Gasteiger partial charge on any atom is 1.00 e. The van der Waals surface area contributed by atoms with E-state index in [1.54, 1.807) is 0 Å². The second kappa shape index (κ2) is 15.8. The number of hydrogen-bond donors (Lipinski definition) is 8. The van der Waals surface area contributed by atoms with Crippen molar-refractivity contribution >= 4 is 0 Å². The summed E-state index contributed by atoms with van der Waals surface area (Å²) in [5, 5.41) is 33.8. The Morgan fingerprint density at radius 2 is 0.571 bits per heavy atom. The molecule has 0 amide bonds. The van der Waals surface area contributed by atoms with Crippen LogP contribution in [0.25, 0.3) is 5.73 Å². The Morgan fingerprint density at radius 1 is 0.367 bits per heavy atom. The maximum absolute atomic E-state index is 6.94. The van der Waals surface area contributed by atoms with E-state index in [0.29, 0.717) is 55.9 Å². The molecule has 10 heteroatoms. The third-order valence-electron chi connectivity index (χ3n) is 14.8. The van der Waals surface area contributed by atoms with Crippen LogP contribution >= 0.6 is 0 Å². The molecule has 1 aromatic carbocycles. The van der Waals surface area contributed by atoms with Crippen molar-refractivity contribution in [3.05, 3.63) is 41.6 Å². The van der Waals surface area contributed by atoms with Crippen LogP contribution in [0.5, 0.6) is 0 Å². The van der Waals surface area contributed by atoms with E-state index in [9.17, 15) is 0 Å². The molecule has 5 saturated heterocycles. The summed E-state index contributed by atoms with van der Waals surface area (Å²) in [6, 6.07) is 9.76. The molecule has 9 fully saturated rings. The van der Waals surface area contributed by atoms with Crippen LogP contribution in [0.1, 0.15) is 108 Å². The van der Waals surface area contributed by atoms with Gasteiger partial charge in [0.1, 0.15) is 0 Å². The predicted molar refractivity (Wildman–Crippen MR) is 192 cm³/mol. The third-order valence-corrected chi connectivity index (χ3v) is 14.8. The molecule has 8 atom stereocenters. The molecule has 9 nitrogen and oxygen atoms in total. The van der Waals surface area contributed by atoms with Crippen molar-refractivity contribution in [2.45, 2.75) is 159 Å². The van der Waals surface area contributed by atoms with Gasteiger partial charge in [-0.05, 0) is 98.7 Å². The van der Waals surface area contributed by atoms with Gasteiger partial charge in [-0.2, -0.15) is 0 Å². The Labute approximate surface area is 306 Å². The van der Waals surface area contributed by atoms with Gasteiger partial charge in [-0.3, -0.25) is 42.5 Å². The molecule has 10 rings (SSSR count). The monoisotopic (exact) mass is 721 g/mol. The van der Waals surface area contributed by atoms with Gasteiger partial charge >= 0.3 is 17.1 Å². The van der Waals surface area contributed by atoms with E-state index >= 15 is 0 Å². The van der Waals surface area contributed by atoms with Crippen LogP contribution in [-0.4, -0.2) is 49.3 Å². The topological polar surface area (TPSA) is 120 Å². The average molecular weight is 723 g/mol. The first kappa shape index (κ1) is 35.4. The second-order valence-electron chi connectivity index (χ2n) is 17.3. The zero-order chi connectivity index (χ0) is 32.0. The molecule has 0 spiro atoms. The first-order valence-electron chi connectivity index (χ1n) is 20.5. The van der Waals surface area contributed by atoms with Crippen LogP contribution in [0.15, 0.2) is 30.3 Å². The van der Waals surface area contributed by atoms with Crippen molar-refractivity contribution in [3.63, 3.8) is 0 Å². The van der Waals surface area contributed by atoms with Gasteiger partial charge in [0, 0.05) is 0 Å². The smallest absolute Gasteiger partial charge is 0.674 e. The summed E-state index contributed by atoms with van der Waals surface area (Å²) in [5.41, 5.74) is 8.02. The van der Waals surface area contributed by atoms with E-state index in [-0.39, 0.29) is 17.1 Å². The van der Waals surface area contributed by atoms with Crippen LogP contribution in [0, 0.1) is 47.3 Å². The molecule has 8 bridgehead atoms. The number of fused-ring (bicyclic) bond motifs is 20. The second-order valence-corrected chi connectivity index (χ2v) is 17.3. The molecule has 1 aromatic rings. The zero-order valence-corrected chi connectivity index (χ0v) is 30.4. The molecule has 276 valence electrons. The van der Waals surface area contributed by atoms with Gasteiger partial charge in [-0.25, -0.2) is 0 Å². The van der Waals surface area contributed by atoms with Crippen molar-refractivity contribution in [1.29, 1.82) is 0 Å². The Kier molecular flexibility index (Phi) is 11.4. The summed E-state index contributed by atoms with van der Waals surface area (Å²) in [4.78, 5) is 0. The first-order chi connectivity index (χ1) is 23.7. The molecule has 9 N–H and O–H groups in total. The Hall–Kier alpha value is -0.621. The standard InChI is InChI=1S/C32H56N8.C7H8N.Cu/c1-2-10-18-17(9-1)25-33-26(18)38-28-21-13-5-6-14-22(21)30(35-28)40-32-24-16-8-7-15-23(24)31(36-32)39-29-20-12-4-3-11-19(20)27(34-29)37-25;8-6-7-4-2-1-3-5-7;/h17-40H,1-16H2;1-5,8H,6H2;/q;-1;+1. The van der Waals surface area contributed by atoms with Crippen molar-refractivity contribution in [3.8, 4) is 0 Å². The minimum Gasteiger partial charge on any atom is -0.674 e. The normalized spacial score (nSPS) is 48.5. The van der Waals surface area contributed by atoms with E-state index in [1.165, 1.54) is 103 Å². The van der Waals surface area contributed by atoms with Crippen LogP contribution in [0.2, 0.25) is 0 Å². The van der Waals surface area contributed by atoms with Crippen molar-refractivity contribution < 1.29 is 17.1 Å². The van der Waals surface area contributed by atoms with E-state index in [4.69, 9.17) is 5.73 Å². The van der Waals surface area contributed by atoms with Gasteiger partial charge < -0.3 is 5.73 Å². The summed E-state index contributed by atoms with van der Waals surface area (Å²) in [7, 11) is 0. The van der Waals surface area contributed by atoms with E-state index in [1.807, 2.05) is 30.3 Å². The van der Waals surface area contributed by atoms with E-state index in [2.05, 4.69) is 42.5 Å². The largest absolute Gasteiger partial charge is 1.00 e. The molecule has 5 heterocycles. The van der Waals surface area contributed by atoms with Crippen molar-refractivity contribution in [1.82, 2.24) is 42.5 Å². The fourth-order valence-electron chi connectivity index (χ4n) is 12.6. The van der Waals surface area contributed by atoms with E-state index < -0.39 is 0 Å². The Balaban J connectivity index is 0.000000344. The summed E-state index contributed by atoms with van der Waals surface area (Å²) in [5.74, 6) is 5.97. The average Bonchev–Trinajstić information content (AvgIpc) is 3.88. The molecule has 49 heavy (non-hydrogen) atoms. The summed E-state index contributed by atoms with van der Waals surface area (Å²) in [6.45, 7) is 0.390. The quantitative estimate of drug-likeness (QED) is 0.194. The van der Waals surface area contributed by atoms with Gasteiger partial charge in [-0.15, -0.1) is 6.54 Å². The molecule has 0 aromatic heterocycles. The van der Waals surface area contributed by atoms with Crippen LogP contribution in [0.4, 0.5) is 0 Å². The number of hydrogen-bond acceptors (Lipinski definition) is 8. The van der Waals surface area contributed by atoms with Crippen LogP contribution in [0.3, 0.4) is 0 Å². The van der Waals surface area contributed by atoms with Gasteiger partial charge in [0.15, 0.2) is 0 Å². The van der Waals surface area contributed by atoms with Crippen molar-refractivity contribution in [2.75, 3.05) is 0 Å². The molecule has 8 unspecified atom stereocenters. The minimum atomic E-state index is 0. The van der Waals surface area contributed by atoms with Crippen LogP contribution in [-0.2, 0) is 23.6 Å². The molecular formula is C39H64CuN9. The Morgan fingerprint density at radius 3 is 0.735 bits per heavy atom. The molecule has 4 saturated carbocycles. The van der Waals surface area contributed by atoms with Gasteiger partial charge in [-0.1, -0.05) is 87.3 Å². The summed E-state index contributed by atoms with van der Waals surface area (Å²) < 4.78 is 0. The fraction of sp³-hybridized carbons (Fsp3) is 0.846. The zero-order valence-electron chi connectivity index (χ0n) is 29.4. The summed E-state index contributed by atoms with van der Waals surface area (Å²) >= 11 is 0. The molecule has 9 aliphatic rings. The van der Waals surface area contributed by atoms with Crippen molar-refractivity contribution in [2.24, 2.45) is 47.3 Å². The Bertz CT molecular complexity index is 1000. The molecule has 5 aliphatic heterocycles. The fourth-order valence-corrected chi connectivity index (χ4v) is 12.6. The minimum absolute atomic E-state index is 0. The van der Waals surface area contributed by atoms with Gasteiger partial charge in [0.2, 0.25) is 0 Å². The molecule has 0 radical (unpaired) electrons. The SMILES string of the molecule is C1CCC2C3NC(NC4NC(NC5NC(NC6NC(N3)C3CCCCC63)C3CCCCC53)C3CCCCC43)C2C1.[Cu+].[NH-]Cc1ccccc1. The molecule has 4 aliphatic carbocycles. The van der Waals surface area contributed by atoms with E-state index in [0.717, 1.165) is 52.9 Å². The first-order valence-corrected chi connectivity index (χ1v) is 20.5. The number of benzene rings is 1. The van der Waals surface area contributed by atoms with Crippen LogP contribution < -0.4 is 42.5 Å². The van der Waals surface area contributed by atoms with Gasteiger partial charge in [0.05, 0.1) is 49.3 Å². The molecular weight excluding hydrogens is 658 g/mol.